The highest BCUT2D eigenvalue weighted by molar-refractivity contribution is 14.1. The zero-order chi connectivity index (χ0) is 11.4. The third kappa shape index (κ3) is 2.74. The molecule has 1 aromatic carbocycles. The lowest BCUT2D eigenvalue weighted by atomic mass is 10.2. The van der Waals surface area contributed by atoms with Gasteiger partial charge in [-0.05, 0) is 41.1 Å². The van der Waals surface area contributed by atoms with Gasteiger partial charge in [-0.3, -0.25) is 4.79 Å². The molecule has 1 aliphatic heterocycles. The molecule has 0 saturated carbocycles. The Kier molecular flexibility index (Phi) is 4.17. The molecule has 0 radical (unpaired) electrons. The van der Waals surface area contributed by atoms with Crippen LogP contribution in [0.4, 0.5) is 0 Å². The minimum Gasteiger partial charge on any atom is -0.380 e. The number of amides is 1. The monoisotopic (exact) mass is 331 g/mol. The van der Waals surface area contributed by atoms with Crippen molar-refractivity contribution >= 4 is 28.5 Å². The van der Waals surface area contributed by atoms with Crippen molar-refractivity contribution in [1.82, 2.24) is 4.90 Å². The molecule has 1 saturated heterocycles. The van der Waals surface area contributed by atoms with Gasteiger partial charge in [-0.2, -0.15) is 0 Å². The zero-order valence-corrected chi connectivity index (χ0v) is 11.1. The molecule has 3 nitrogen and oxygen atoms in total. The van der Waals surface area contributed by atoms with Crippen molar-refractivity contribution in [1.29, 1.82) is 0 Å². The molecule has 1 aliphatic rings. The Morgan fingerprint density at radius 3 is 2.88 bits per heavy atom. The summed E-state index contributed by atoms with van der Waals surface area (Å²) in [5, 5.41) is 0. The van der Waals surface area contributed by atoms with Crippen LogP contribution in [-0.2, 0) is 4.74 Å². The molecule has 86 valence electrons. The second-order valence-electron chi connectivity index (χ2n) is 3.74. The maximum absolute atomic E-state index is 12.2. The predicted octanol–water partition coefficient (Wildman–Crippen LogP) is 2.15. The van der Waals surface area contributed by atoms with Gasteiger partial charge in [0.2, 0.25) is 0 Å². The number of hydrogen-bond donors (Lipinski definition) is 0. The average molecular weight is 331 g/mol. The summed E-state index contributed by atoms with van der Waals surface area (Å²) in [6, 6.07) is 7.70. The minimum atomic E-state index is 0.121. The minimum absolute atomic E-state index is 0.121. The molecule has 1 amide bonds. The van der Waals surface area contributed by atoms with Crippen molar-refractivity contribution in [2.24, 2.45) is 0 Å². The maximum atomic E-state index is 12.2. The first-order chi connectivity index (χ1) is 7.79. The van der Waals surface area contributed by atoms with E-state index in [0.717, 1.165) is 28.7 Å². The molecule has 0 spiro atoms. The second kappa shape index (κ2) is 5.63. The van der Waals surface area contributed by atoms with Crippen molar-refractivity contribution in [3.05, 3.63) is 33.4 Å². The summed E-state index contributed by atoms with van der Waals surface area (Å²) in [7, 11) is 0. The SMILES string of the molecule is O=C(c1ccccc1I)N1CCCOCC1. The number of benzene rings is 1. The molecule has 1 heterocycles. The highest BCUT2D eigenvalue weighted by atomic mass is 127. The number of nitrogens with zero attached hydrogens (tertiary/aromatic N) is 1. The van der Waals surface area contributed by atoms with Crippen LogP contribution in [-0.4, -0.2) is 37.1 Å². The number of halogens is 1. The van der Waals surface area contributed by atoms with Crippen molar-refractivity contribution in [2.75, 3.05) is 26.3 Å². The van der Waals surface area contributed by atoms with Gasteiger partial charge in [-0.25, -0.2) is 0 Å². The average Bonchev–Trinajstić information content (AvgIpc) is 2.57. The van der Waals surface area contributed by atoms with E-state index in [1.165, 1.54) is 0 Å². The third-order valence-corrected chi connectivity index (χ3v) is 3.55. The standard InChI is InChI=1S/C12H14INO2/c13-11-5-2-1-4-10(11)12(15)14-6-3-8-16-9-7-14/h1-2,4-5H,3,6-9H2. The molecule has 1 fully saturated rings. The normalized spacial score (nSPS) is 16.9. The van der Waals surface area contributed by atoms with Gasteiger partial charge in [0.25, 0.3) is 5.91 Å². The van der Waals surface area contributed by atoms with E-state index in [0.29, 0.717) is 13.2 Å². The van der Waals surface area contributed by atoms with E-state index < -0.39 is 0 Å². The summed E-state index contributed by atoms with van der Waals surface area (Å²) >= 11 is 2.20. The van der Waals surface area contributed by atoms with E-state index in [-0.39, 0.29) is 5.91 Å². The molecule has 1 aromatic rings. The lowest BCUT2D eigenvalue weighted by molar-refractivity contribution is 0.0740. The highest BCUT2D eigenvalue weighted by Crippen LogP contribution is 2.14. The lowest BCUT2D eigenvalue weighted by Gasteiger charge is -2.20. The van der Waals surface area contributed by atoms with E-state index in [2.05, 4.69) is 22.6 Å². The molecule has 0 unspecified atom stereocenters. The van der Waals surface area contributed by atoms with Crippen LogP contribution < -0.4 is 0 Å². The lowest BCUT2D eigenvalue weighted by Crippen LogP contribution is -2.33. The Labute approximate surface area is 109 Å². The molecule has 0 bridgehead atoms. The Hall–Kier alpha value is -0.620. The molecule has 0 N–H and O–H groups in total. The first kappa shape index (κ1) is 11.9. The molecular formula is C12H14INO2. The fourth-order valence-corrected chi connectivity index (χ4v) is 2.37. The van der Waals surface area contributed by atoms with E-state index in [4.69, 9.17) is 4.74 Å². The zero-order valence-electron chi connectivity index (χ0n) is 8.99. The van der Waals surface area contributed by atoms with E-state index in [1.807, 2.05) is 29.2 Å². The van der Waals surface area contributed by atoms with Gasteiger partial charge in [0, 0.05) is 23.3 Å². The van der Waals surface area contributed by atoms with E-state index in [9.17, 15) is 4.79 Å². The van der Waals surface area contributed by atoms with Crippen molar-refractivity contribution in [3.8, 4) is 0 Å². The van der Waals surface area contributed by atoms with Crippen LogP contribution in [0.5, 0.6) is 0 Å². The molecule has 16 heavy (non-hydrogen) atoms. The Bertz CT molecular complexity index is 373. The number of ether oxygens (including phenoxy) is 1. The second-order valence-corrected chi connectivity index (χ2v) is 4.90. The van der Waals surface area contributed by atoms with E-state index >= 15 is 0 Å². The van der Waals surface area contributed by atoms with Crippen LogP contribution >= 0.6 is 22.6 Å². The van der Waals surface area contributed by atoms with Gasteiger partial charge in [0.15, 0.2) is 0 Å². The van der Waals surface area contributed by atoms with Gasteiger partial charge in [0.1, 0.15) is 0 Å². The van der Waals surface area contributed by atoms with Crippen molar-refractivity contribution < 1.29 is 9.53 Å². The van der Waals surface area contributed by atoms with Crippen LogP contribution in [0.25, 0.3) is 0 Å². The Morgan fingerprint density at radius 2 is 2.06 bits per heavy atom. The number of carbonyl (C=O) groups is 1. The predicted molar refractivity (Wildman–Crippen MR) is 70.5 cm³/mol. The van der Waals surface area contributed by atoms with Gasteiger partial charge in [-0.1, -0.05) is 12.1 Å². The summed E-state index contributed by atoms with van der Waals surface area (Å²) in [6.45, 7) is 2.90. The summed E-state index contributed by atoms with van der Waals surface area (Å²) < 4.78 is 6.35. The van der Waals surface area contributed by atoms with Crippen LogP contribution in [0.2, 0.25) is 0 Å². The van der Waals surface area contributed by atoms with E-state index in [1.54, 1.807) is 0 Å². The molecule has 0 aliphatic carbocycles. The van der Waals surface area contributed by atoms with Crippen LogP contribution in [0.15, 0.2) is 24.3 Å². The van der Waals surface area contributed by atoms with Crippen LogP contribution in [0, 0.1) is 3.57 Å². The molecule has 2 rings (SSSR count). The molecular weight excluding hydrogens is 317 g/mol. The van der Waals surface area contributed by atoms with Gasteiger partial charge in [-0.15, -0.1) is 0 Å². The first-order valence-electron chi connectivity index (χ1n) is 5.40. The topological polar surface area (TPSA) is 29.5 Å². The summed E-state index contributed by atoms with van der Waals surface area (Å²) in [4.78, 5) is 14.1. The quantitative estimate of drug-likeness (QED) is 0.738. The smallest absolute Gasteiger partial charge is 0.255 e. The Morgan fingerprint density at radius 1 is 1.25 bits per heavy atom. The maximum Gasteiger partial charge on any atom is 0.255 e. The summed E-state index contributed by atoms with van der Waals surface area (Å²) in [5.41, 5.74) is 0.796. The number of hydrogen-bond acceptors (Lipinski definition) is 2. The summed E-state index contributed by atoms with van der Waals surface area (Å²) in [5.74, 6) is 0.121. The highest BCUT2D eigenvalue weighted by Gasteiger charge is 2.18. The molecule has 0 atom stereocenters. The first-order valence-corrected chi connectivity index (χ1v) is 6.48. The summed E-state index contributed by atoms with van der Waals surface area (Å²) in [6.07, 6.45) is 0.926. The fourth-order valence-electron chi connectivity index (χ4n) is 1.75. The third-order valence-electron chi connectivity index (χ3n) is 2.61. The van der Waals surface area contributed by atoms with Crippen molar-refractivity contribution in [3.63, 3.8) is 0 Å². The fraction of sp³-hybridized carbons (Fsp3) is 0.417. The van der Waals surface area contributed by atoms with Crippen LogP contribution in [0.3, 0.4) is 0 Å². The van der Waals surface area contributed by atoms with Gasteiger partial charge in [0.05, 0.1) is 12.2 Å². The number of carbonyl (C=O) groups excluding carboxylic acids is 1. The molecule has 4 heteroatoms. The molecule has 0 aromatic heterocycles. The largest absolute Gasteiger partial charge is 0.380 e. The van der Waals surface area contributed by atoms with Gasteiger partial charge < -0.3 is 9.64 Å². The van der Waals surface area contributed by atoms with Gasteiger partial charge >= 0.3 is 0 Å². The number of rotatable bonds is 1. The van der Waals surface area contributed by atoms with Crippen LogP contribution in [0.1, 0.15) is 16.8 Å². The Balaban J connectivity index is 2.14. The van der Waals surface area contributed by atoms with Crippen molar-refractivity contribution in [2.45, 2.75) is 6.42 Å².